The van der Waals surface area contributed by atoms with Crippen molar-refractivity contribution in [1.82, 2.24) is 14.9 Å². The molecule has 1 atom stereocenters. The van der Waals surface area contributed by atoms with E-state index < -0.39 is 27.9 Å². The van der Waals surface area contributed by atoms with Crippen molar-refractivity contribution in [1.29, 1.82) is 0 Å². The second-order valence-corrected chi connectivity index (χ2v) is 7.94. The average Bonchev–Trinajstić information content (AvgIpc) is 2.69. The van der Waals surface area contributed by atoms with Crippen LogP contribution >= 0.6 is 0 Å². The van der Waals surface area contributed by atoms with Gasteiger partial charge in [-0.05, 0) is 29.8 Å². The van der Waals surface area contributed by atoms with Crippen LogP contribution in [0.4, 0.5) is 4.39 Å². The van der Waals surface area contributed by atoms with Crippen LogP contribution in [0.25, 0.3) is 0 Å². The molecule has 2 aromatic rings. The number of hydrogen-bond donors (Lipinski definition) is 2. The molecule has 1 aliphatic rings. The number of benzene rings is 2. The Hall–Kier alpha value is -3.20. The van der Waals surface area contributed by atoms with Crippen LogP contribution in [0.2, 0.25) is 0 Å². The van der Waals surface area contributed by atoms with E-state index in [0.717, 1.165) is 4.31 Å². The van der Waals surface area contributed by atoms with Crippen molar-refractivity contribution in [3.05, 3.63) is 78.4 Å². The number of rotatable bonds is 6. The quantitative estimate of drug-likeness (QED) is 0.764. The Morgan fingerprint density at radius 1 is 1.11 bits per heavy atom. The number of sulfonamides is 1. The monoisotopic (exact) mass is 403 g/mol. The van der Waals surface area contributed by atoms with Gasteiger partial charge in [0.15, 0.2) is 0 Å². The molecule has 0 aliphatic carbocycles. The molecule has 3 rings (SSSR count). The van der Waals surface area contributed by atoms with E-state index in [1.165, 1.54) is 48.8 Å². The normalized spacial score (nSPS) is 16.5. The molecule has 7 nitrogen and oxygen atoms in total. The number of nitrogens with one attached hydrogen (secondary N) is 2. The molecule has 0 radical (unpaired) electrons. The van der Waals surface area contributed by atoms with Crippen molar-refractivity contribution in [2.75, 3.05) is 0 Å². The molecule has 1 heterocycles. The average molecular weight is 403 g/mol. The zero-order valence-electron chi connectivity index (χ0n) is 14.7. The predicted molar refractivity (Wildman–Crippen MR) is 99.4 cm³/mol. The van der Waals surface area contributed by atoms with E-state index in [1.807, 2.05) is 0 Å². The van der Waals surface area contributed by atoms with Crippen LogP contribution in [0.5, 0.6) is 0 Å². The highest BCUT2D eigenvalue weighted by molar-refractivity contribution is 7.89. The summed E-state index contributed by atoms with van der Waals surface area (Å²) in [6.45, 7) is 0.134. The predicted octanol–water partition coefficient (Wildman–Crippen LogP) is 1.49. The Kier molecular flexibility index (Phi) is 5.74. The highest BCUT2D eigenvalue weighted by Crippen LogP contribution is 2.22. The Balaban J connectivity index is 1.73. The molecule has 0 fully saturated rings. The molecular weight excluding hydrogens is 385 g/mol. The summed E-state index contributed by atoms with van der Waals surface area (Å²) in [4.78, 5) is 24.6. The third-order valence-corrected chi connectivity index (χ3v) is 5.96. The second kappa shape index (κ2) is 8.22. The molecule has 0 spiro atoms. The van der Waals surface area contributed by atoms with Crippen LogP contribution in [0.3, 0.4) is 0 Å². The summed E-state index contributed by atoms with van der Waals surface area (Å²) in [7, 11) is -4.00. The van der Waals surface area contributed by atoms with Gasteiger partial charge in [0.25, 0.3) is 10.0 Å². The van der Waals surface area contributed by atoms with E-state index in [-0.39, 0.29) is 23.7 Å². The van der Waals surface area contributed by atoms with Crippen molar-refractivity contribution in [3.63, 3.8) is 0 Å². The van der Waals surface area contributed by atoms with Gasteiger partial charge in [-0.1, -0.05) is 30.3 Å². The first-order chi connectivity index (χ1) is 13.4. The summed E-state index contributed by atoms with van der Waals surface area (Å²) < 4.78 is 39.5. The van der Waals surface area contributed by atoms with Gasteiger partial charge in [-0.3, -0.25) is 13.9 Å². The lowest BCUT2D eigenvalue weighted by Gasteiger charge is -2.31. The fourth-order valence-electron chi connectivity index (χ4n) is 2.70. The second-order valence-electron chi connectivity index (χ2n) is 6.10. The molecule has 0 aromatic heterocycles. The van der Waals surface area contributed by atoms with E-state index in [1.54, 1.807) is 18.2 Å². The van der Waals surface area contributed by atoms with E-state index in [4.69, 9.17) is 0 Å². The number of nitrogens with zero attached hydrogens (tertiary/aromatic N) is 1. The van der Waals surface area contributed by atoms with Crippen molar-refractivity contribution >= 4 is 21.8 Å². The maximum absolute atomic E-state index is 12.9. The fraction of sp³-hybridized carbons (Fsp3) is 0.158. The zero-order valence-corrected chi connectivity index (χ0v) is 15.5. The molecule has 2 amide bonds. The number of carbonyl (C=O) groups is 2. The topological polar surface area (TPSA) is 95.6 Å². The third kappa shape index (κ3) is 4.37. The van der Waals surface area contributed by atoms with Crippen LogP contribution in [0, 0.1) is 5.82 Å². The highest BCUT2D eigenvalue weighted by Gasteiger charge is 2.36. The summed E-state index contributed by atoms with van der Waals surface area (Å²) in [6.07, 6.45) is 2.08. The van der Waals surface area contributed by atoms with Gasteiger partial charge in [-0.15, -0.1) is 0 Å². The molecule has 9 heteroatoms. The molecule has 2 N–H and O–H groups in total. The number of carbonyl (C=O) groups excluding carboxylic acids is 2. The number of amides is 2. The summed E-state index contributed by atoms with van der Waals surface area (Å²) >= 11 is 0. The molecule has 0 saturated carbocycles. The lowest BCUT2D eigenvalue weighted by Crippen LogP contribution is -2.51. The van der Waals surface area contributed by atoms with Crippen LogP contribution < -0.4 is 10.6 Å². The standard InChI is InChI=1S/C19H18FN3O4S/c20-15-8-6-14(7-9-15)13-22-18(24)12-17-19(25)21-10-11-23(17)28(26,27)16-4-2-1-3-5-16/h1-11,17H,12-13H2,(H,21,25)(H,22,24). The van der Waals surface area contributed by atoms with Crippen LogP contribution in [-0.4, -0.2) is 30.6 Å². The lowest BCUT2D eigenvalue weighted by molar-refractivity contribution is -0.129. The Bertz CT molecular complexity index is 992. The van der Waals surface area contributed by atoms with Crippen LogP contribution in [0.1, 0.15) is 12.0 Å². The maximum atomic E-state index is 12.9. The molecule has 2 aromatic carbocycles. The first-order valence-electron chi connectivity index (χ1n) is 8.45. The van der Waals surface area contributed by atoms with Crippen LogP contribution in [0.15, 0.2) is 71.9 Å². The molecule has 28 heavy (non-hydrogen) atoms. The largest absolute Gasteiger partial charge is 0.352 e. The summed E-state index contributed by atoms with van der Waals surface area (Å²) in [6, 6.07) is 12.0. The summed E-state index contributed by atoms with van der Waals surface area (Å²) in [5.41, 5.74) is 0.677. The van der Waals surface area contributed by atoms with Gasteiger partial charge < -0.3 is 10.6 Å². The molecule has 0 saturated heterocycles. The van der Waals surface area contributed by atoms with E-state index in [9.17, 15) is 22.4 Å². The van der Waals surface area contributed by atoms with Crippen molar-refractivity contribution < 1.29 is 22.4 Å². The summed E-state index contributed by atoms with van der Waals surface area (Å²) in [5.74, 6) is -1.49. The van der Waals surface area contributed by atoms with Gasteiger partial charge in [-0.2, -0.15) is 0 Å². The molecular formula is C19H18FN3O4S. The Labute approximate surface area is 161 Å². The molecule has 0 bridgehead atoms. The van der Waals surface area contributed by atoms with Crippen LogP contribution in [-0.2, 0) is 26.2 Å². The number of hydrogen-bond acceptors (Lipinski definition) is 4. The van der Waals surface area contributed by atoms with Gasteiger partial charge in [0.1, 0.15) is 11.9 Å². The molecule has 1 aliphatic heterocycles. The first-order valence-corrected chi connectivity index (χ1v) is 9.89. The third-order valence-electron chi connectivity index (χ3n) is 4.16. The van der Waals surface area contributed by atoms with Gasteiger partial charge >= 0.3 is 0 Å². The lowest BCUT2D eigenvalue weighted by atomic mass is 10.1. The van der Waals surface area contributed by atoms with Gasteiger partial charge in [0.05, 0.1) is 11.3 Å². The highest BCUT2D eigenvalue weighted by atomic mass is 32.2. The van der Waals surface area contributed by atoms with Crippen molar-refractivity contribution in [2.45, 2.75) is 23.9 Å². The maximum Gasteiger partial charge on any atom is 0.264 e. The van der Waals surface area contributed by atoms with E-state index in [0.29, 0.717) is 5.56 Å². The minimum Gasteiger partial charge on any atom is -0.352 e. The summed E-state index contributed by atoms with van der Waals surface area (Å²) in [5, 5.41) is 5.03. The minimum absolute atomic E-state index is 0.0195. The zero-order chi connectivity index (χ0) is 20.1. The van der Waals surface area contributed by atoms with Crippen molar-refractivity contribution in [3.8, 4) is 0 Å². The van der Waals surface area contributed by atoms with Crippen molar-refractivity contribution in [2.24, 2.45) is 0 Å². The Morgan fingerprint density at radius 2 is 1.79 bits per heavy atom. The minimum atomic E-state index is -4.00. The van der Waals surface area contributed by atoms with Gasteiger partial charge in [-0.25, -0.2) is 12.8 Å². The fourth-order valence-corrected chi connectivity index (χ4v) is 4.17. The molecule has 146 valence electrons. The van der Waals surface area contributed by atoms with E-state index >= 15 is 0 Å². The molecule has 1 unspecified atom stereocenters. The smallest absolute Gasteiger partial charge is 0.264 e. The first kappa shape index (κ1) is 19.6. The SMILES string of the molecule is O=C(CC1C(=O)NC=CN1S(=O)(=O)c1ccccc1)NCc1ccc(F)cc1. The Morgan fingerprint density at radius 3 is 2.46 bits per heavy atom. The van der Waals surface area contributed by atoms with Gasteiger partial charge in [0.2, 0.25) is 11.8 Å². The van der Waals surface area contributed by atoms with E-state index in [2.05, 4.69) is 10.6 Å². The number of halogens is 1. The van der Waals surface area contributed by atoms with Gasteiger partial charge in [0, 0.05) is 18.9 Å².